The van der Waals surface area contributed by atoms with Gasteiger partial charge in [0.15, 0.2) is 0 Å². The molecule has 0 radical (unpaired) electrons. The largest absolute Gasteiger partial charge is 0.444 e. The second kappa shape index (κ2) is 6.89. The molecule has 1 aromatic carbocycles. The summed E-state index contributed by atoms with van der Waals surface area (Å²) in [5, 5.41) is 13.2. The molecule has 1 rings (SSSR count). The van der Waals surface area contributed by atoms with E-state index >= 15 is 0 Å². The summed E-state index contributed by atoms with van der Waals surface area (Å²) in [6, 6.07) is 2.13. The summed E-state index contributed by atoms with van der Waals surface area (Å²) in [4.78, 5) is 21.6. The number of benzene rings is 1. The fraction of sp³-hybridized carbons (Fsp3) is 0.400. The number of halogens is 1. The number of amides is 1. The summed E-state index contributed by atoms with van der Waals surface area (Å²) in [5.74, 6) is 4.33. The topological polar surface area (TPSA) is 81.5 Å². The molecule has 0 aromatic heterocycles. The van der Waals surface area contributed by atoms with Crippen LogP contribution >= 0.6 is 0 Å². The van der Waals surface area contributed by atoms with Crippen molar-refractivity contribution in [2.75, 3.05) is 6.54 Å². The molecule has 1 aromatic rings. The van der Waals surface area contributed by atoms with Crippen LogP contribution in [0.2, 0.25) is 0 Å². The number of carbonyl (C=O) groups excluding carboxylic acids is 1. The first-order valence-corrected chi connectivity index (χ1v) is 6.50. The van der Waals surface area contributed by atoms with Gasteiger partial charge in [0.1, 0.15) is 11.4 Å². The van der Waals surface area contributed by atoms with E-state index in [1.807, 2.05) is 0 Å². The van der Waals surface area contributed by atoms with Crippen LogP contribution in [0.15, 0.2) is 12.1 Å². The minimum absolute atomic E-state index is 0.0595. The van der Waals surface area contributed by atoms with Crippen molar-refractivity contribution in [2.24, 2.45) is 0 Å². The SMILES string of the molecule is Cc1cc(F)c(C#CCNC(=O)OC(C)(C)C)cc1[N+](=O)[O-]. The molecule has 118 valence electrons. The van der Waals surface area contributed by atoms with Crippen molar-refractivity contribution >= 4 is 11.8 Å². The van der Waals surface area contributed by atoms with E-state index in [1.54, 1.807) is 20.8 Å². The second-order valence-corrected chi connectivity index (χ2v) is 5.53. The van der Waals surface area contributed by atoms with Gasteiger partial charge in [0.2, 0.25) is 0 Å². The lowest BCUT2D eigenvalue weighted by molar-refractivity contribution is -0.385. The summed E-state index contributed by atoms with van der Waals surface area (Å²) in [5.41, 5.74) is -0.699. The van der Waals surface area contributed by atoms with Crippen LogP contribution in [0.5, 0.6) is 0 Å². The zero-order valence-electron chi connectivity index (χ0n) is 12.8. The van der Waals surface area contributed by atoms with Gasteiger partial charge in [-0.05, 0) is 33.8 Å². The Kier molecular flexibility index (Phi) is 5.46. The number of ether oxygens (including phenoxy) is 1. The van der Waals surface area contributed by atoms with Crippen LogP contribution in [0.1, 0.15) is 31.9 Å². The summed E-state index contributed by atoms with van der Waals surface area (Å²) < 4.78 is 18.7. The van der Waals surface area contributed by atoms with Gasteiger partial charge in [0.05, 0.1) is 17.0 Å². The molecule has 7 heteroatoms. The summed E-state index contributed by atoms with van der Waals surface area (Å²) in [6.07, 6.45) is -0.642. The monoisotopic (exact) mass is 308 g/mol. The van der Waals surface area contributed by atoms with Gasteiger partial charge >= 0.3 is 6.09 Å². The van der Waals surface area contributed by atoms with Crippen molar-refractivity contribution in [1.82, 2.24) is 5.32 Å². The van der Waals surface area contributed by atoms with Gasteiger partial charge in [-0.3, -0.25) is 10.1 Å². The van der Waals surface area contributed by atoms with Crippen molar-refractivity contribution in [3.63, 3.8) is 0 Å². The number of carbonyl (C=O) groups is 1. The molecule has 0 heterocycles. The Labute approximate surface area is 127 Å². The lowest BCUT2D eigenvalue weighted by Crippen LogP contribution is -2.32. The van der Waals surface area contributed by atoms with E-state index < -0.39 is 22.4 Å². The summed E-state index contributed by atoms with van der Waals surface area (Å²) in [7, 11) is 0. The third-order valence-electron chi connectivity index (χ3n) is 2.43. The number of nitrogens with one attached hydrogen (secondary N) is 1. The zero-order chi connectivity index (χ0) is 16.9. The Morgan fingerprint density at radius 3 is 2.64 bits per heavy atom. The number of nitrogens with zero attached hydrogens (tertiary/aromatic N) is 1. The standard InChI is InChI=1S/C15H17FN2O4/c1-10-8-12(16)11(9-13(10)18(20)21)6-5-7-17-14(19)22-15(2,3)4/h8-9H,7H2,1-4H3,(H,17,19). The fourth-order valence-electron chi connectivity index (χ4n) is 1.52. The minimum Gasteiger partial charge on any atom is -0.444 e. The van der Waals surface area contributed by atoms with Crippen LogP contribution in [0.4, 0.5) is 14.9 Å². The number of rotatable bonds is 2. The normalized spacial score (nSPS) is 10.4. The molecule has 0 unspecified atom stereocenters. The number of alkyl carbamates (subject to hydrolysis) is 1. The highest BCUT2D eigenvalue weighted by Gasteiger charge is 2.15. The molecule has 0 atom stereocenters. The Morgan fingerprint density at radius 1 is 1.45 bits per heavy atom. The number of nitro groups is 1. The van der Waals surface area contributed by atoms with Crippen LogP contribution in [0.3, 0.4) is 0 Å². The lowest BCUT2D eigenvalue weighted by atomic mass is 10.1. The second-order valence-electron chi connectivity index (χ2n) is 5.53. The maximum absolute atomic E-state index is 13.7. The first kappa shape index (κ1) is 17.4. The third kappa shape index (κ3) is 5.40. The van der Waals surface area contributed by atoms with Gasteiger partial charge in [0, 0.05) is 11.6 Å². The fourth-order valence-corrected chi connectivity index (χ4v) is 1.52. The quantitative estimate of drug-likeness (QED) is 0.517. The van der Waals surface area contributed by atoms with Gasteiger partial charge in [0.25, 0.3) is 5.69 Å². The van der Waals surface area contributed by atoms with E-state index in [1.165, 1.54) is 6.92 Å². The van der Waals surface area contributed by atoms with Crippen molar-refractivity contribution in [3.8, 4) is 11.8 Å². The molecule has 0 spiro atoms. The Morgan fingerprint density at radius 2 is 2.09 bits per heavy atom. The highest BCUT2D eigenvalue weighted by atomic mass is 19.1. The Hall–Kier alpha value is -2.62. The van der Waals surface area contributed by atoms with E-state index in [-0.39, 0.29) is 23.4 Å². The predicted octanol–water partition coefficient (Wildman–Crippen LogP) is 2.92. The highest BCUT2D eigenvalue weighted by Crippen LogP contribution is 2.21. The van der Waals surface area contributed by atoms with Crippen molar-refractivity contribution in [2.45, 2.75) is 33.3 Å². The lowest BCUT2D eigenvalue weighted by Gasteiger charge is -2.18. The molecular weight excluding hydrogens is 291 g/mol. The van der Waals surface area contributed by atoms with E-state index in [0.717, 1.165) is 12.1 Å². The van der Waals surface area contributed by atoms with E-state index in [9.17, 15) is 19.3 Å². The Bertz CT molecular complexity index is 654. The summed E-state index contributed by atoms with van der Waals surface area (Å²) in [6.45, 7) is 6.55. The highest BCUT2D eigenvalue weighted by molar-refractivity contribution is 5.68. The molecule has 0 aliphatic carbocycles. The molecular formula is C15H17FN2O4. The first-order chi connectivity index (χ1) is 10.1. The smallest absolute Gasteiger partial charge is 0.408 e. The van der Waals surface area contributed by atoms with E-state index in [2.05, 4.69) is 17.2 Å². The zero-order valence-corrected chi connectivity index (χ0v) is 12.8. The molecule has 0 saturated carbocycles. The van der Waals surface area contributed by atoms with Gasteiger partial charge in [-0.25, -0.2) is 9.18 Å². The number of nitro benzene ring substituents is 1. The van der Waals surface area contributed by atoms with Crippen molar-refractivity contribution in [3.05, 3.63) is 39.2 Å². The maximum Gasteiger partial charge on any atom is 0.408 e. The molecule has 0 fully saturated rings. The molecule has 0 bridgehead atoms. The minimum atomic E-state index is -0.645. The van der Waals surface area contributed by atoms with Gasteiger partial charge in [-0.1, -0.05) is 11.8 Å². The number of hydrogen-bond acceptors (Lipinski definition) is 4. The number of hydrogen-bond donors (Lipinski definition) is 1. The molecule has 1 amide bonds. The van der Waals surface area contributed by atoms with Crippen molar-refractivity contribution < 1.29 is 18.8 Å². The maximum atomic E-state index is 13.7. The third-order valence-corrected chi connectivity index (χ3v) is 2.43. The van der Waals surface area contributed by atoms with Gasteiger partial charge in [-0.2, -0.15) is 0 Å². The van der Waals surface area contributed by atoms with E-state index in [0.29, 0.717) is 0 Å². The predicted molar refractivity (Wildman–Crippen MR) is 78.9 cm³/mol. The molecule has 1 N–H and O–H groups in total. The average Bonchev–Trinajstić information content (AvgIpc) is 2.33. The Balaban J connectivity index is 2.75. The van der Waals surface area contributed by atoms with Crippen LogP contribution in [0.25, 0.3) is 0 Å². The van der Waals surface area contributed by atoms with Crippen molar-refractivity contribution in [1.29, 1.82) is 0 Å². The van der Waals surface area contributed by atoms with Crippen LogP contribution < -0.4 is 5.32 Å². The average molecular weight is 308 g/mol. The number of aryl methyl sites for hydroxylation is 1. The van der Waals surface area contributed by atoms with Crippen LogP contribution in [-0.2, 0) is 4.74 Å². The summed E-state index contributed by atoms with van der Waals surface area (Å²) >= 11 is 0. The van der Waals surface area contributed by atoms with Crippen LogP contribution in [-0.4, -0.2) is 23.2 Å². The molecule has 0 aliphatic heterocycles. The molecule has 0 saturated heterocycles. The first-order valence-electron chi connectivity index (χ1n) is 6.50. The molecule has 6 nitrogen and oxygen atoms in total. The van der Waals surface area contributed by atoms with Gasteiger partial charge < -0.3 is 10.1 Å². The van der Waals surface area contributed by atoms with E-state index in [4.69, 9.17) is 4.74 Å². The van der Waals surface area contributed by atoms with Crippen LogP contribution in [0, 0.1) is 34.7 Å². The molecule has 0 aliphatic rings. The van der Waals surface area contributed by atoms with Gasteiger partial charge in [-0.15, -0.1) is 0 Å². The molecule has 22 heavy (non-hydrogen) atoms.